The van der Waals surface area contributed by atoms with Gasteiger partial charge in [-0.2, -0.15) is 0 Å². The van der Waals surface area contributed by atoms with Gasteiger partial charge < -0.3 is 25.2 Å². The lowest BCUT2D eigenvalue weighted by molar-refractivity contribution is -0.144. The fourth-order valence-corrected chi connectivity index (χ4v) is 2.42. The molecule has 1 aliphatic rings. The average Bonchev–Trinajstić information content (AvgIpc) is 2.54. The fraction of sp³-hybridized carbons (Fsp3) is 0.412. The second-order valence-electron chi connectivity index (χ2n) is 5.63. The zero-order valence-corrected chi connectivity index (χ0v) is 14.2. The Bertz CT molecular complexity index is 684. The highest BCUT2D eigenvalue weighted by Crippen LogP contribution is 2.33. The molecule has 2 rings (SSSR count). The third kappa shape index (κ3) is 3.61. The van der Waals surface area contributed by atoms with Crippen molar-refractivity contribution < 1.29 is 24.2 Å². The summed E-state index contributed by atoms with van der Waals surface area (Å²) in [4.78, 5) is 24.4. The zero-order chi connectivity index (χ0) is 17.9. The summed E-state index contributed by atoms with van der Waals surface area (Å²) < 4.78 is 10.5. The number of hydrogen-bond acceptors (Lipinski definition) is 5. The summed E-state index contributed by atoms with van der Waals surface area (Å²) in [6, 6.07) is 3.55. The number of phenolic OH excluding ortho intramolecular Hbond substituents is 1. The molecule has 130 valence electrons. The van der Waals surface area contributed by atoms with Crippen molar-refractivity contribution in [1.29, 1.82) is 0 Å². The molecule has 0 bridgehead atoms. The second-order valence-corrected chi connectivity index (χ2v) is 5.63. The summed E-state index contributed by atoms with van der Waals surface area (Å²) >= 11 is 0. The Morgan fingerprint density at radius 2 is 2.12 bits per heavy atom. The van der Waals surface area contributed by atoms with Crippen LogP contribution < -0.4 is 15.4 Å². The molecule has 0 saturated carbocycles. The van der Waals surface area contributed by atoms with Gasteiger partial charge in [0.15, 0.2) is 11.5 Å². The summed E-state index contributed by atoms with van der Waals surface area (Å²) in [6.45, 7) is 5.38. The predicted octanol–water partition coefficient (Wildman–Crippen LogP) is 2.37. The lowest BCUT2D eigenvalue weighted by atomic mass is 9.95. The maximum absolute atomic E-state index is 12.5. The minimum absolute atomic E-state index is 0.0223. The normalized spacial score (nSPS) is 18.5. The fourth-order valence-electron chi connectivity index (χ4n) is 2.42. The van der Waals surface area contributed by atoms with Gasteiger partial charge in [0.2, 0.25) is 0 Å². The van der Waals surface area contributed by atoms with Gasteiger partial charge in [-0.15, -0.1) is 0 Å². The van der Waals surface area contributed by atoms with Crippen molar-refractivity contribution in [3.63, 3.8) is 0 Å². The number of amides is 2. The summed E-state index contributed by atoms with van der Waals surface area (Å²) in [5, 5.41) is 15.0. The van der Waals surface area contributed by atoms with Crippen LogP contribution in [0.4, 0.5) is 4.79 Å². The third-order valence-electron chi connectivity index (χ3n) is 3.91. The Kier molecular flexibility index (Phi) is 5.33. The molecule has 0 aliphatic carbocycles. The highest BCUT2D eigenvalue weighted by atomic mass is 16.5. The van der Waals surface area contributed by atoms with Crippen LogP contribution in [0.5, 0.6) is 11.5 Å². The number of esters is 1. The number of allylic oxidation sites excluding steroid dienone is 1. The van der Waals surface area contributed by atoms with Crippen LogP contribution >= 0.6 is 0 Å². The van der Waals surface area contributed by atoms with E-state index >= 15 is 0 Å². The Morgan fingerprint density at radius 1 is 1.42 bits per heavy atom. The second kappa shape index (κ2) is 7.25. The number of hydrogen-bond donors (Lipinski definition) is 3. The van der Waals surface area contributed by atoms with Crippen LogP contribution in [0.2, 0.25) is 0 Å². The molecule has 24 heavy (non-hydrogen) atoms. The van der Waals surface area contributed by atoms with Crippen LogP contribution in [0.15, 0.2) is 29.5 Å². The van der Waals surface area contributed by atoms with Crippen molar-refractivity contribution in [2.24, 2.45) is 0 Å². The highest BCUT2D eigenvalue weighted by molar-refractivity contribution is 5.95. The third-order valence-corrected chi connectivity index (χ3v) is 3.91. The average molecular weight is 334 g/mol. The summed E-state index contributed by atoms with van der Waals surface area (Å²) in [5.41, 5.74) is 1.36. The molecule has 0 radical (unpaired) electrons. The summed E-state index contributed by atoms with van der Waals surface area (Å²) in [5.74, 6) is -0.259. The van der Waals surface area contributed by atoms with E-state index < -0.39 is 18.0 Å². The molecule has 0 fully saturated rings. The van der Waals surface area contributed by atoms with Crippen LogP contribution in [0.3, 0.4) is 0 Å². The minimum Gasteiger partial charge on any atom is -0.504 e. The zero-order valence-electron chi connectivity index (χ0n) is 14.2. The molecule has 0 saturated heterocycles. The number of carbonyl (C=O) groups excluding carboxylic acids is 2. The largest absolute Gasteiger partial charge is 0.504 e. The standard InChI is InChI=1S/C17H22N2O5/c1-5-9(2)24-16(21)14-10(3)18-17(22)19-15(14)11-6-7-12(20)13(8-11)23-4/h6-9,15,20H,5H2,1-4H3,(H2,18,19,22)/t9-,15-/m1/s1. The van der Waals surface area contributed by atoms with Crippen LogP contribution in [0, 0.1) is 0 Å². The Hall–Kier alpha value is -2.70. The molecule has 0 spiro atoms. The lowest BCUT2D eigenvalue weighted by Gasteiger charge is -2.29. The van der Waals surface area contributed by atoms with Gasteiger partial charge in [0, 0.05) is 5.70 Å². The number of methoxy groups -OCH3 is 1. The SMILES string of the molecule is CC[C@@H](C)OC(=O)C1=C(C)NC(=O)N[C@@H]1c1ccc(O)c(OC)c1. The lowest BCUT2D eigenvalue weighted by Crippen LogP contribution is -2.45. The first kappa shape index (κ1) is 17.7. The smallest absolute Gasteiger partial charge is 0.338 e. The molecule has 3 N–H and O–H groups in total. The molecule has 1 heterocycles. The number of phenols is 1. The van der Waals surface area contributed by atoms with Gasteiger partial charge >= 0.3 is 12.0 Å². The van der Waals surface area contributed by atoms with E-state index in [2.05, 4.69) is 10.6 Å². The van der Waals surface area contributed by atoms with E-state index in [4.69, 9.17) is 9.47 Å². The number of aromatic hydroxyl groups is 1. The highest BCUT2D eigenvalue weighted by Gasteiger charge is 2.33. The van der Waals surface area contributed by atoms with E-state index in [1.807, 2.05) is 6.92 Å². The molecule has 7 heteroatoms. The van der Waals surface area contributed by atoms with Crippen molar-refractivity contribution in [2.45, 2.75) is 39.3 Å². The number of carbonyl (C=O) groups is 2. The van der Waals surface area contributed by atoms with Crippen LogP contribution in [0.25, 0.3) is 0 Å². The predicted molar refractivity (Wildman–Crippen MR) is 87.6 cm³/mol. The van der Waals surface area contributed by atoms with Crippen molar-refractivity contribution >= 4 is 12.0 Å². The monoisotopic (exact) mass is 334 g/mol. The van der Waals surface area contributed by atoms with E-state index in [0.29, 0.717) is 23.3 Å². The van der Waals surface area contributed by atoms with Gasteiger partial charge in [0.05, 0.1) is 24.8 Å². The van der Waals surface area contributed by atoms with Crippen molar-refractivity contribution in [1.82, 2.24) is 10.6 Å². The topological polar surface area (TPSA) is 96.9 Å². The maximum Gasteiger partial charge on any atom is 0.338 e. The number of nitrogens with one attached hydrogen (secondary N) is 2. The molecule has 1 aliphatic heterocycles. The molecule has 0 aromatic heterocycles. The van der Waals surface area contributed by atoms with Gasteiger partial charge in [-0.1, -0.05) is 13.0 Å². The Labute approximate surface area is 140 Å². The van der Waals surface area contributed by atoms with E-state index in [1.165, 1.54) is 13.2 Å². The van der Waals surface area contributed by atoms with Crippen LogP contribution in [-0.2, 0) is 9.53 Å². The first-order chi connectivity index (χ1) is 11.4. The molecular formula is C17H22N2O5. The Balaban J connectivity index is 2.43. The molecular weight excluding hydrogens is 312 g/mol. The van der Waals surface area contributed by atoms with Gasteiger partial charge in [0.25, 0.3) is 0 Å². The van der Waals surface area contributed by atoms with Gasteiger partial charge in [0.1, 0.15) is 0 Å². The first-order valence-electron chi connectivity index (χ1n) is 7.73. The molecule has 0 unspecified atom stereocenters. The van der Waals surface area contributed by atoms with Crippen molar-refractivity contribution in [3.05, 3.63) is 35.0 Å². The van der Waals surface area contributed by atoms with Gasteiger partial charge in [-0.05, 0) is 38.0 Å². The quantitative estimate of drug-likeness (QED) is 0.718. The summed E-state index contributed by atoms with van der Waals surface area (Å²) in [6.07, 6.45) is 0.459. The van der Waals surface area contributed by atoms with Crippen LogP contribution in [-0.4, -0.2) is 30.3 Å². The first-order valence-corrected chi connectivity index (χ1v) is 7.73. The molecule has 1 aromatic carbocycles. The van der Waals surface area contributed by atoms with Crippen LogP contribution in [0.1, 0.15) is 38.8 Å². The van der Waals surface area contributed by atoms with E-state index in [-0.39, 0.29) is 17.6 Å². The number of ether oxygens (including phenoxy) is 2. The molecule has 2 atom stereocenters. The Morgan fingerprint density at radius 3 is 2.75 bits per heavy atom. The summed E-state index contributed by atoms with van der Waals surface area (Å²) in [7, 11) is 1.43. The minimum atomic E-state index is -0.690. The van der Waals surface area contributed by atoms with Crippen molar-refractivity contribution in [2.75, 3.05) is 7.11 Å². The number of rotatable bonds is 5. The molecule has 2 amide bonds. The van der Waals surface area contributed by atoms with E-state index in [9.17, 15) is 14.7 Å². The van der Waals surface area contributed by atoms with E-state index in [1.54, 1.807) is 26.0 Å². The molecule has 1 aromatic rings. The number of urea groups is 1. The van der Waals surface area contributed by atoms with Gasteiger partial charge in [-0.3, -0.25) is 0 Å². The van der Waals surface area contributed by atoms with Crippen molar-refractivity contribution in [3.8, 4) is 11.5 Å². The van der Waals surface area contributed by atoms with Gasteiger partial charge in [-0.25, -0.2) is 9.59 Å². The maximum atomic E-state index is 12.5. The molecule has 7 nitrogen and oxygen atoms in total. The van der Waals surface area contributed by atoms with E-state index in [0.717, 1.165) is 0 Å². The number of benzene rings is 1.